The summed E-state index contributed by atoms with van der Waals surface area (Å²) < 4.78 is 83.7. The Morgan fingerprint density at radius 2 is 1.21 bits per heavy atom. The Balaban J connectivity index is 1.64. The molecule has 0 saturated heterocycles. The number of alkyl halides is 6. The van der Waals surface area contributed by atoms with Crippen molar-refractivity contribution in [2.45, 2.75) is 18.3 Å². The van der Waals surface area contributed by atoms with Crippen LogP contribution in [0.2, 0.25) is 0 Å². The fraction of sp³-hybridized carbons (Fsp3) is 0.154. The fourth-order valence-corrected chi connectivity index (χ4v) is 4.67. The van der Waals surface area contributed by atoms with Crippen molar-refractivity contribution in [3.05, 3.63) is 102 Å². The maximum Gasteiger partial charge on any atom is 0.413 e. The van der Waals surface area contributed by atoms with E-state index >= 15 is 0 Å². The highest BCUT2D eigenvalue weighted by Gasteiger charge is 2.51. The Hall–Kier alpha value is -3.48. The van der Waals surface area contributed by atoms with Crippen LogP contribution in [0.25, 0.3) is 27.5 Å². The molecule has 0 radical (unpaired) electrons. The van der Waals surface area contributed by atoms with Gasteiger partial charge in [-0.25, -0.2) is 0 Å². The van der Waals surface area contributed by atoms with Crippen LogP contribution < -0.4 is 0 Å². The Kier molecular flexibility index (Phi) is 4.88. The average Bonchev–Trinajstić information content (AvgIpc) is 3.12. The largest absolute Gasteiger partial charge is 0.413 e. The van der Waals surface area contributed by atoms with Gasteiger partial charge in [-0.1, -0.05) is 66.8 Å². The van der Waals surface area contributed by atoms with Crippen LogP contribution in [0.3, 0.4) is 0 Å². The fourth-order valence-electron chi connectivity index (χ4n) is 4.67. The minimum absolute atomic E-state index is 0.0326. The second-order valence-corrected chi connectivity index (χ2v) is 8.01. The molecular formula is C26H17F6N. The molecule has 1 heterocycles. The highest BCUT2D eigenvalue weighted by atomic mass is 19.4. The topological polar surface area (TPSA) is 4.93 Å². The summed E-state index contributed by atoms with van der Waals surface area (Å²) in [7, 11) is 0. The minimum Gasteiger partial charge on any atom is -0.309 e. The van der Waals surface area contributed by atoms with Crippen LogP contribution in [0.1, 0.15) is 11.5 Å². The lowest BCUT2D eigenvalue weighted by Crippen LogP contribution is -2.34. The molecule has 4 aromatic rings. The number of fused-ring (bicyclic) bond motifs is 3. The maximum absolute atomic E-state index is 13.6. The number of halogens is 6. The van der Waals surface area contributed by atoms with Crippen LogP contribution in [0, 0.1) is 5.92 Å². The Labute approximate surface area is 185 Å². The lowest BCUT2D eigenvalue weighted by atomic mass is 9.76. The van der Waals surface area contributed by atoms with Gasteiger partial charge in [0.2, 0.25) is 0 Å². The molecule has 0 N–H and O–H groups in total. The molecule has 0 spiro atoms. The number of hydrogen-bond donors (Lipinski definition) is 0. The Bertz CT molecular complexity index is 1330. The van der Waals surface area contributed by atoms with E-state index in [1.54, 1.807) is 12.1 Å². The van der Waals surface area contributed by atoms with E-state index in [0.717, 1.165) is 40.0 Å². The van der Waals surface area contributed by atoms with Crippen molar-refractivity contribution < 1.29 is 26.3 Å². The van der Waals surface area contributed by atoms with Gasteiger partial charge in [0.25, 0.3) is 0 Å². The van der Waals surface area contributed by atoms with E-state index in [9.17, 15) is 26.3 Å². The van der Waals surface area contributed by atoms with Gasteiger partial charge < -0.3 is 4.57 Å². The molecule has 5 rings (SSSR count). The molecule has 2 atom stereocenters. The molecule has 3 aromatic carbocycles. The van der Waals surface area contributed by atoms with Crippen LogP contribution >= 0.6 is 0 Å². The van der Waals surface area contributed by atoms with E-state index < -0.39 is 29.8 Å². The van der Waals surface area contributed by atoms with Crippen molar-refractivity contribution in [3.63, 3.8) is 0 Å². The normalized spacial score (nSPS) is 19.3. The zero-order chi connectivity index (χ0) is 23.4. The second-order valence-electron chi connectivity index (χ2n) is 8.01. The number of benzene rings is 3. The van der Waals surface area contributed by atoms with E-state index in [-0.39, 0.29) is 5.56 Å². The molecule has 0 amide bonds. The van der Waals surface area contributed by atoms with Crippen molar-refractivity contribution >= 4 is 21.8 Å². The van der Waals surface area contributed by atoms with Gasteiger partial charge in [-0.2, -0.15) is 26.3 Å². The first-order valence-electron chi connectivity index (χ1n) is 10.3. The summed E-state index contributed by atoms with van der Waals surface area (Å²) in [6, 6.07) is 21.3. The minimum atomic E-state index is -4.87. The molecule has 33 heavy (non-hydrogen) atoms. The van der Waals surface area contributed by atoms with Crippen molar-refractivity contribution in [1.82, 2.24) is 4.57 Å². The number of nitrogens with zero attached hydrogens (tertiary/aromatic N) is 1. The lowest BCUT2D eigenvalue weighted by Gasteiger charge is -2.32. The maximum atomic E-state index is 13.6. The first kappa shape index (κ1) is 21.4. The molecule has 7 heteroatoms. The molecule has 2 unspecified atom stereocenters. The van der Waals surface area contributed by atoms with E-state index in [2.05, 4.69) is 0 Å². The highest BCUT2D eigenvalue weighted by Crippen LogP contribution is 2.49. The van der Waals surface area contributed by atoms with Gasteiger partial charge in [0.05, 0.1) is 17.0 Å². The van der Waals surface area contributed by atoms with E-state index in [4.69, 9.17) is 0 Å². The summed E-state index contributed by atoms with van der Waals surface area (Å²) in [4.78, 5) is 0. The molecule has 0 aliphatic heterocycles. The summed E-state index contributed by atoms with van der Waals surface area (Å²) in [5.41, 5.74) is 1.22. The van der Waals surface area contributed by atoms with Gasteiger partial charge in [0, 0.05) is 28.0 Å². The van der Waals surface area contributed by atoms with E-state index in [0.29, 0.717) is 5.69 Å². The molecule has 0 bridgehead atoms. The smallest absolute Gasteiger partial charge is 0.309 e. The number of aromatic nitrogens is 1. The standard InChI is InChI=1S/C26H17F6N/c27-25(28,29)20-8-5-9-21(26(30,31)32)24(20)16-12-14-17(15-13-16)33-22-10-3-1-6-18(22)19-7-2-4-11-23(19)33/h1-15,20,24H. The summed E-state index contributed by atoms with van der Waals surface area (Å²) in [6.07, 6.45) is -7.32. The van der Waals surface area contributed by atoms with Gasteiger partial charge >= 0.3 is 12.4 Å². The van der Waals surface area contributed by atoms with Crippen LogP contribution in [0.5, 0.6) is 0 Å². The molecule has 1 aromatic heterocycles. The van der Waals surface area contributed by atoms with E-state index in [1.165, 1.54) is 12.1 Å². The average molecular weight is 457 g/mol. The van der Waals surface area contributed by atoms with Gasteiger partial charge in [-0.15, -0.1) is 0 Å². The van der Waals surface area contributed by atoms with Crippen molar-refractivity contribution in [3.8, 4) is 5.69 Å². The number of allylic oxidation sites excluding steroid dienone is 4. The van der Waals surface area contributed by atoms with Crippen LogP contribution in [-0.2, 0) is 0 Å². The summed E-state index contributed by atoms with van der Waals surface area (Å²) in [6.45, 7) is 0. The molecule has 168 valence electrons. The molecule has 0 fully saturated rings. The predicted octanol–water partition coefficient (Wildman–Crippen LogP) is 8.10. The predicted molar refractivity (Wildman–Crippen MR) is 116 cm³/mol. The van der Waals surface area contributed by atoms with Gasteiger partial charge in [0.15, 0.2) is 0 Å². The van der Waals surface area contributed by atoms with Crippen LogP contribution in [0.15, 0.2) is 96.6 Å². The molecule has 0 saturated carbocycles. The number of rotatable bonds is 2. The zero-order valence-corrected chi connectivity index (χ0v) is 17.0. The molecule has 1 aliphatic carbocycles. The third-order valence-corrected chi connectivity index (χ3v) is 6.08. The zero-order valence-electron chi connectivity index (χ0n) is 17.0. The van der Waals surface area contributed by atoms with Crippen molar-refractivity contribution in [2.75, 3.05) is 0 Å². The summed E-state index contributed by atoms with van der Waals surface area (Å²) in [5.74, 6) is -4.11. The lowest BCUT2D eigenvalue weighted by molar-refractivity contribution is -0.170. The van der Waals surface area contributed by atoms with Gasteiger partial charge in [0.1, 0.15) is 0 Å². The van der Waals surface area contributed by atoms with E-state index in [1.807, 2.05) is 53.1 Å². The molecule has 1 nitrogen and oxygen atoms in total. The summed E-state index contributed by atoms with van der Waals surface area (Å²) in [5, 5.41) is 2.02. The highest BCUT2D eigenvalue weighted by molar-refractivity contribution is 6.09. The number of hydrogen-bond acceptors (Lipinski definition) is 0. The first-order valence-corrected chi connectivity index (χ1v) is 10.3. The SMILES string of the molecule is FC(F)(F)C1=CC=CC(C(F)(F)F)C1c1ccc(-n2c3ccccc3c3ccccc32)cc1. The Morgan fingerprint density at radius 3 is 1.73 bits per heavy atom. The summed E-state index contributed by atoms with van der Waals surface area (Å²) >= 11 is 0. The molecule has 1 aliphatic rings. The van der Waals surface area contributed by atoms with Gasteiger partial charge in [-0.3, -0.25) is 0 Å². The quantitative estimate of drug-likeness (QED) is 0.268. The van der Waals surface area contributed by atoms with Crippen molar-refractivity contribution in [2.24, 2.45) is 5.92 Å². The van der Waals surface area contributed by atoms with Crippen molar-refractivity contribution in [1.29, 1.82) is 0 Å². The molecular weight excluding hydrogens is 440 g/mol. The second kappa shape index (κ2) is 7.54. The third kappa shape index (κ3) is 3.61. The Morgan fingerprint density at radius 1 is 0.667 bits per heavy atom. The monoisotopic (exact) mass is 457 g/mol. The number of para-hydroxylation sites is 2. The first-order chi connectivity index (χ1) is 15.7. The third-order valence-electron chi connectivity index (χ3n) is 6.08. The van der Waals surface area contributed by atoms with Crippen LogP contribution in [-0.4, -0.2) is 16.9 Å². The van der Waals surface area contributed by atoms with Crippen LogP contribution in [0.4, 0.5) is 26.3 Å². The van der Waals surface area contributed by atoms with Gasteiger partial charge in [-0.05, 0) is 29.8 Å².